The molecule has 0 radical (unpaired) electrons. The summed E-state index contributed by atoms with van der Waals surface area (Å²) in [5.74, 6) is 0.826. The first-order valence-electron chi connectivity index (χ1n) is 9.17. The van der Waals surface area contributed by atoms with E-state index in [0.717, 1.165) is 41.0 Å². The van der Waals surface area contributed by atoms with Crippen LogP contribution in [0.4, 0.5) is 0 Å². The van der Waals surface area contributed by atoms with Crippen molar-refractivity contribution >= 4 is 22.8 Å². The summed E-state index contributed by atoms with van der Waals surface area (Å²) in [6.07, 6.45) is 5.72. The minimum absolute atomic E-state index is 0.0672. The summed E-state index contributed by atoms with van der Waals surface area (Å²) in [5.41, 5.74) is 4.42. The molecule has 2 aromatic rings. The Morgan fingerprint density at radius 2 is 1.85 bits per heavy atom. The van der Waals surface area contributed by atoms with Crippen LogP contribution in [0.15, 0.2) is 57.2 Å². The van der Waals surface area contributed by atoms with E-state index in [1.165, 1.54) is 19.3 Å². The Bertz CT molecular complexity index is 869. The van der Waals surface area contributed by atoms with Crippen molar-refractivity contribution in [2.75, 3.05) is 7.11 Å². The molecule has 4 heteroatoms. The van der Waals surface area contributed by atoms with Crippen LogP contribution in [0.2, 0.25) is 0 Å². The van der Waals surface area contributed by atoms with Crippen molar-refractivity contribution in [2.24, 2.45) is 4.99 Å². The van der Waals surface area contributed by atoms with Gasteiger partial charge in [-0.05, 0) is 61.1 Å². The second kappa shape index (κ2) is 6.84. The number of benzene rings is 1. The van der Waals surface area contributed by atoms with Crippen LogP contribution in [0.25, 0.3) is 0 Å². The van der Waals surface area contributed by atoms with Crippen LogP contribution in [0, 0.1) is 0 Å². The quantitative estimate of drug-likeness (QED) is 0.675. The van der Waals surface area contributed by atoms with Gasteiger partial charge in [0.15, 0.2) is 5.78 Å². The lowest BCUT2D eigenvalue weighted by Gasteiger charge is -2.32. The molecular weight excluding hydrogens is 342 g/mol. The fraction of sp³-hybridized carbons (Fsp3) is 0.364. The van der Waals surface area contributed by atoms with Crippen LogP contribution in [-0.2, 0) is 0 Å². The molecule has 2 heterocycles. The third kappa shape index (κ3) is 2.82. The predicted octanol–water partition coefficient (Wildman–Crippen LogP) is 5.46. The Morgan fingerprint density at radius 3 is 2.46 bits per heavy atom. The molecule has 0 saturated heterocycles. The number of thiophene rings is 1. The molecule has 1 spiro atoms. The maximum absolute atomic E-state index is 13.4. The minimum Gasteiger partial charge on any atom is -0.497 e. The van der Waals surface area contributed by atoms with Crippen LogP contribution < -0.4 is 4.74 Å². The SMILES string of the molecule is COc1ccc(C(=O)C2=C(C)C3(CCCCC3)N=C2c2ccsc2)cc1. The third-order valence-corrected chi connectivity index (χ3v) is 6.37. The number of hydrogen-bond acceptors (Lipinski definition) is 4. The van der Waals surface area contributed by atoms with E-state index in [4.69, 9.17) is 9.73 Å². The maximum Gasteiger partial charge on any atom is 0.195 e. The van der Waals surface area contributed by atoms with Crippen molar-refractivity contribution < 1.29 is 9.53 Å². The second-order valence-corrected chi connectivity index (χ2v) is 7.90. The summed E-state index contributed by atoms with van der Waals surface area (Å²) in [6, 6.07) is 9.45. The molecule has 4 rings (SSSR count). The summed E-state index contributed by atoms with van der Waals surface area (Å²) in [5, 5.41) is 4.14. The Kier molecular flexibility index (Phi) is 4.53. The normalized spacial score (nSPS) is 18.9. The Hall–Kier alpha value is -2.20. The first kappa shape index (κ1) is 17.2. The van der Waals surface area contributed by atoms with Gasteiger partial charge in [0.05, 0.1) is 18.4 Å². The smallest absolute Gasteiger partial charge is 0.195 e. The monoisotopic (exact) mass is 365 g/mol. The van der Waals surface area contributed by atoms with Gasteiger partial charge in [-0.25, -0.2) is 0 Å². The average molecular weight is 365 g/mol. The number of methoxy groups -OCH3 is 1. The molecule has 1 aromatic carbocycles. The van der Waals surface area contributed by atoms with Crippen LogP contribution in [-0.4, -0.2) is 24.1 Å². The van der Waals surface area contributed by atoms with E-state index in [9.17, 15) is 4.79 Å². The first-order valence-corrected chi connectivity index (χ1v) is 10.1. The van der Waals surface area contributed by atoms with Crippen LogP contribution in [0.3, 0.4) is 0 Å². The van der Waals surface area contributed by atoms with Gasteiger partial charge in [0.25, 0.3) is 0 Å². The van der Waals surface area contributed by atoms with Gasteiger partial charge >= 0.3 is 0 Å². The number of rotatable bonds is 4. The fourth-order valence-corrected chi connectivity index (χ4v) is 4.80. The Morgan fingerprint density at radius 1 is 1.12 bits per heavy atom. The van der Waals surface area contributed by atoms with E-state index in [0.29, 0.717) is 5.56 Å². The lowest BCUT2D eigenvalue weighted by molar-refractivity contribution is 0.103. The van der Waals surface area contributed by atoms with E-state index < -0.39 is 0 Å². The number of aliphatic imine (C=N–C) groups is 1. The summed E-state index contributed by atoms with van der Waals surface area (Å²) < 4.78 is 5.22. The van der Waals surface area contributed by atoms with Gasteiger partial charge < -0.3 is 4.74 Å². The largest absolute Gasteiger partial charge is 0.497 e. The van der Waals surface area contributed by atoms with Crippen molar-refractivity contribution in [3.05, 3.63) is 63.4 Å². The molecule has 26 heavy (non-hydrogen) atoms. The molecule has 1 aliphatic heterocycles. The molecule has 0 unspecified atom stereocenters. The van der Waals surface area contributed by atoms with E-state index in [2.05, 4.69) is 23.8 Å². The van der Waals surface area contributed by atoms with E-state index in [1.54, 1.807) is 18.4 Å². The molecule has 1 aromatic heterocycles. The number of carbonyl (C=O) groups excluding carboxylic acids is 1. The number of Topliss-reactive ketones (excluding diaryl/α,β-unsaturated/α-hetero) is 1. The molecule has 1 saturated carbocycles. The molecule has 3 nitrogen and oxygen atoms in total. The lowest BCUT2D eigenvalue weighted by Crippen LogP contribution is -2.29. The molecule has 0 atom stereocenters. The number of allylic oxidation sites excluding steroid dienone is 1. The van der Waals surface area contributed by atoms with Crippen molar-refractivity contribution in [3.8, 4) is 5.75 Å². The molecule has 0 bridgehead atoms. The number of ketones is 1. The van der Waals surface area contributed by atoms with Gasteiger partial charge in [0, 0.05) is 22.1 Å². The van der Waals surface area contributed by atoms with Crippen LogP contribution in [0.1, 0.15) is 54.9 Å². The van der Waals surface area contributed by atoms with E-state index >= 15 is 0 Å². The lowest BCUT2D eigenvalue weighted by atomic mass is 9.76. The van der Waals surface area contributed by atoms with Gasteiger partial charge in [-0.15, -0.1) is 0 Å². The predicted molar refractivity (Wildman–Crippen MR) is 107 cm³/mol. The van der Waals surface area contributed by atoms with Gasteiger partial charge in [0.2, 0.25) is 0 Å². The molecule has 1 aliphatic carbocycles. The van der Waals surface area contributed by atoms with Crippen LogP contribution >= 0.6 is 11.3 Å². The third-order valence-electron chi connectivity index (χ3n) is 5.69. The highest BCUT2D eigenvalue weighted by Gasteiger charge is 2.42. The van der Waals surface area contributed by atoms with Gasteiger partial charge in [-0.2, -0.15) is 11.3 Å². The highest BCUT2D eigenvalue weighted by molar-refractivity contribution is 7.08. The Labute approximate surface area is 158 Å². The van der Waals surface area contributed by atoms with Crippen LogP contribution in [0.5, 0.6) is 5.75 Å². The summed E-state index contributed by atoms with van der Waals surface area (Å²) in [6.45, 7) is 2.12. The molecule has 1 fully saturated rings. The van der Waals surface area contributed by atoms with Crippen molar-refractivity contribution in [2.45, 2.75) is 44.6 Å². The van der Waals surface area contributed by atoms with Crippen molar-refractivity contribution in [3.63, 3.8) is 0 Å². The number of ether oxygens (including phenoxy) is 1. The summed E-state index contributed by atoms with van der Waals surface area (Å²) in [4.78, 5) is 18.6. The number of nitrogens with zero attached hydrogens (tertiary/aromatic N) is 1. The second-order valence-electron chi connectivity index (χ2n) is 7.12. The number of carbonyl (C=O) groups is 1. The highest BCUT2D eigenvalue weighted by atomic mass is 32.1. The van der Waals surface area contributed by atoms with Gasteiger partial charge in [0.1, 0.15) is 5.75 Å². The topological polar surface area (TPSA) is 38.7 Å². The molecule has 0 N–H and O–H groups in total. The molecule has 0 amide bonds. The summed E-state index contributed by atoms with van der Waals surface area (Å²) in [7, 11) is 1.63. The zero-order valence-corrected chi connectivity index (χ0v) is 16.1. The average Bonchev–Trinajstić information content (AvgIpc) is 3.30. The molecule has 134 valence electrons. The maximum atomic E-state index is 13.4. The van der Waals surface area contributed by atoms with E-state index in [-0.39, 0.29) is 11.3 Å². The van der Waals surface area contributed by atoms with Gasteiger partial charge in [-0.3, -0.25) is 9.79 Å². The fourth-order valence-electron chi connectivity index (χ4n) is 4.16. The standard InChI is InChI=1S/C22H23NO2S/c1-15-19(21(24)16-6-8-18(25-2)9-7-16)20(17-10-13-26-14-17)23-22(15)11-4-3-5-12-22/h6-10,13-14H,3-5,11-12H2,1-2H3. The Balaban J connectivity index is 1.79. The highest BCUT2D eigenvalue weighted by Crippen LogP contribution is 2.45. The molecular formula is C22H23NO2S. The molecule has 2 aliphatic rings. The minimum atomic E-state index is -0.174. The van der Waals surface area contributed by atoms with E-state index in [1.807, 2.05) is 24.3 Å². The van der Waals surface area contributed by atoms with Crippen molar-refractivity contribution in [1.82, 2.24) is 0 Å². The zero-order valence-electron chi connectivity index (χ0n) is 15.2. The zero-order chi connectivity index (χ0) is 18.1. The van der Waals surface area contributed by atoms with Crippen molar-refractivity contribution in [1.29, 1.82) is 0 Å². The van der Waals surface area contributed by atoms with Gasteiger partial charge in [-0.1, -0.05) is 19.3 Å². The first-order chi connectivity index (χ1) is 12.6. The number of hydrogen-bond donors (Lipinski definition) is 0. The summed E-state index contributed by atoms with van der Waals surface area (Å²) >= 11 is 1.65.